The molecule has 0 bridgehead atoms. The summed E-state index contributed by atoms with van der Waals surface area (Å²) < 4.78 is 25.4. The zero-order chi connectivity index (χ0) is 16.2. The van der Waals surface area contributed by atoms with Crippen molar-refractivity contribution in [1.29, 1.82) is 0 Å². The minimum absolute atomic E-state index is 0.225. The highest BCUT2D eigenvalue weighted by atomic mass is 32.2. The van der Waals surface area contributed by atoms with Crippen molar-refractivity contribution in [3.8, 4) is 0 Å². The third-order valence-electron chi connectivity index (χ3n) is 4.44. The van der Waals surface area contributed by atoms with Crippen molar-refractivity contribution in [3.05, 3.63) is 29.3 Å². The van der Waals surface area contributed by atoms with Gasteiger partial charge in [-0.2, -0.15) is 0 Å². The molecule has 1 aliphatic carbocycles. The van der Waals surface area contributed by atoms with E-state index in [9.17, 15) is 13.5 Å². The van der Waals surface area contributed by atoms with Crippen LogP contribution in [0.2, 0.25) is 0 Å². The SMILES string of the molecule is Cc1cc(C(O)CCN)cc(S(=O)(=O)CC2CCCCC2)c1. The van der Waals surface area contributed by atoms with Crippen molar-refractivity contribution in [2.24, 2.45) is 11.7 Å². The van der Waals surface area contributed by atoms with Crippen LogP contribution in [0, 0.1) is 12.8 Å². The molecule has 124 valence electrons. The predicted octanol–water partition coefficient (Wildman–Crippen LogP) is 2.73. The number of rotatable bonds is 6. The zero-order valence-corrected chi connectivity index (χ0v) is 14.1. The Hall–Kier alpha value is -0.910. The van der Waals surface area contributed by atoms with Gasteiger partial charge in [0.15, 0.2) is 9.84 Å². The molecule has 5 heteroatoms. The van der Waals surface area contributed by atoms with Gasteiger partial charge in [0, 0.05) is 0 Å². The van der Waals surface area contributed by atoms with Gasteiger partial charge in [0.25, 0.3) is 0 Å². The summed E-state index contributed by atoms with van der Waals surface area (Å²) in [5.41, 5.74) is 6.98. The minimum atomic E-state index is -3.30. The highest BCUT2D eigenvalue weighted by molar-refractivity contribution is 7.91. The molecule has 0 aliphatic heterocycles. The molecule has 0 saturated heterocycles. The fourth-order valence-electron chi connectivity index (χ4n) is 3.23. The highest BCUT2D eigenvalue weighted by Gasteiger charge is 2.24. The Morgan fingerprint density at radius 1 is 1.23 bits per heavy atom. The molecule has 1 unspecified atom stereocenters. The summed E-state index contributed by atoms with van der Waals surface area (Å²) in [6.07, 6.45) is 5.24. The van der Waals surface area contributed by atoms with E-state index in [1.54, 1.807) is 12.1 Å². The van der Waals surface area contributed by atoms with Crippen LogP contribution in [-0.4, -0.2) is 25.8 Å². The van der Waals surface area contributed by atoms with Crippen LogP contribution in [0.1, 0.15) is 55.8 Å². The van der Waals surface area contributed by atoms with Gasteiger partial charge in [0.1, 0.15) is 0 Å². The Morgan fingerprint density at radius 2 is 1.91 bits per heavy atom. The molecule has 1 aromatic rings. The minimum Gasteiger partial charge on any atom is -0.388 e. The number of aliphatic hydroxyl groups is 1. The average Bonchev–Trinajstić information content (AvgIpc) is 2.47. The lowest BCUT2D eigenvalue weighted by Gasteiger charge is -2.21. The fourth-order valence-corrected chi connectivity index (χ4v) is 5.06. The fraction of sp³-hybridized carbons (Fsp3) is 0.647. The summed E-state index contributed by atoms with van der Waals surface area (Å²) in [7, 11) is -3.30. The van der Waals surface area contributed by atoms with E-state index < -0.39 is 15.9 Å². The first kappa shape index (κ1) is 17.4. The summed E-state index contributed by atoms with van der Waals surface area (Å²) in [6.45, 7) is 2.23. The molecule has 1 atom stereocenters. The maximum Gasteiger partial charge on any atom is 0.178 e. The van der Waals surface area contributed by atoms with E-state index in [1.807, 2.05) is 13.0 Å². The molecular weight excluding hydrogens is 298 g/mol. The maximum atomic E-state index is 12.7. The molecule has 1 fully saturated rings. The lowest BCUT2D eigenvalue weighted by Crippen LogP contribution is -2.19. The van der Waals surface area contributed by atoms with Crippen molar-refractivity contribution in [1.82, 2.24) is 0 Å². The Balaban J connectivity index is 2.22. The summed E-state index contributed by atoms with van der Waals surface area (Å²) in [5, 5.41) is 10.1. The van der Waals surface area contributed by atoms with E-state index in [0.29, 0.717) is 23.4 Å². The number of hydrogen-bond donors (Lipinski definition) is 2. The van der Waals surface area contributed by atoms with E-state index in [1.165, 1.54) is 6.42 Å². The molecule has 1 saturated carbocycles. The van der Waals surface area contributed by atoms with Gasteiger partial charge in [-0.25, -0.2) is 8.42 Å². The van der Waals surface area contributed by atoms with E-state index in [2.05, 4.69) is 0 Å². The van der Waals surface area contributed by atoms with E-state index in [4.69, 9.17) is 5.73 Å². The number of aryl methyl sites for hydroxylation is 1. The van der Waals surface area contributed by atoms with Crippen molar-refractivity contribution in [3.63, 3.8) is 0 Å². The van der Waals surface area contributed by atoms with Gasteiger partial charge >= 0.3 is 0 Å². The number of hydrogen-bond acceptors (Lipinski definition) is 4. The van der Waals surface area contributed by atoms with Crippen molar-refractivity contribution < 1.29 is 13.5 Å². The van der Waals surface area contributed by atoms with Gasteiger partial charge in [-0.3, -0.25) is 0 Å². The standard InChI is InChI=1S/C17H27NO3S/c1-13-9-15(17(19)7-8-18)11-16(10-13)22(20,21)12-14-5-3-2-4-6-14/h9-11,14,17,19H,2-8,12,18H2,1H3. The van der Waals surface area contributed by atoms with Crippen molar-refractivity contribution in [2.75, 3.05) is 12.3 Å². The smallest absolute Gasteiger partial charge is 0.178 e. The monoisotopic (exact) mass is 325 g/mol. The Bertz CT molecular complexity index is 592. The van der Waals surface area contributed by atoms with Gasteiger partial charge in [0.05, 0.1) is 16.8 Å². The first-order valence-electron chi connectivity index (χ1n) is 8.15. The predicted molar refractivity (Wildman–Crippen MR) is 88.4 cm³/mol. The first-order chi connectivity index (χ1) is 10.4. The molecular formula is C17H27NO3S. The highest BCUT2D eigenvalue weighted by Crippen LogP contribution is 2.28. The average molecular weight is 325 g/mol. The molecule has 0 aromatic heterocycles. The molecule has 4 nitrogen and oxygen atoms in total. The molecule has 0 amide bonds. The van der Waals surface area contributed by atoms with E-state index >= 15 is 0 Å². The number of benzene rings is 1. The summed E-state index contributed by atoms with van der Waals surface area (Å²) >= 11 is 0. The second kappa shape index (κ2) is 7.57. The molecule has 0 heterocycles. The van der Waals surface area contributed by atoms with Crippen LogP contribution in [0.4, 0.5) is 0 Å². The molecule has 0 radical (unpaired) electrons. The molecule has 2 rings (SSSR count). The van der Waals surface area contributed by atoms with Gasteiger partial charge < -0.3 is 10.8 Å². The number of nitrogens with two attached hydrogens (primary N) is 1. The van der Waals surface area contributed by atoms with Gasteiger partial charge in [-0.05, 0) is 61.9 Å². The van der Waals surface area contributed by atoms with Gasteiger partial charge in [0.2, 0.25) is 0 Å². The molecule has 1 aliphatic rings. The van der Waals surface area contributed by atoms with Crippen LogP contribution in [0.3, 0.4) is 0 Å². The first-order valence-corrected chi connectivity index (χ1v) is 9.80. The van der Waals surface area contributed by atoms with Crippen LogP contribution in [0.5, 0.6) is 0 Å². The summed E-state index contributed by atoms with van der Waals surface area (Å²) in [5.74, 6) is 0.500. The lowest BCUT2D eigenvalue weighted by atomic mass is 9.91. The van der Waals surface area contributed by atoms with Crippen LogP contribution >= 0.6 is 0 Å². The van der Waals surface area contributed by atoms with Crippen molar-refractivity contribution in [2.45, 2.75) is 56.4 Å². The Labute approximate surface area is 133 Å². The second-order valence-electron chi connectivity index (χ2n) is 6.46. The normalized spacial score (nSPS) is 18.3. The molecule has 3 N–H and O–H groups in total. The van der Waals surface area contributed by atoms with Gasteiger partial charge in [-0.1, -0.05) is 25.3 Å². The largest absolute Gasteiger partial charge is 0.388 e. The molecule has 1 aromatic carbocycles. The van der Waals surface area contributed by atoms with Gasteiger partial charge in [-0.15, -0.1) is 0 Å². The third-order valence-corrected chi connectivity index (χ3v) is 6.30. The maximum absolute atomic E-state index is 12.7. The summed E-state index contributed by atoms with van der Waals surface area (Å²) in [4.78, 5) is 0.337. The Morgan fingerprint density at radius 3 is 2.55 bits per heavy atom. The number of aliphatic hydroxyl groups excluding tert-OH is 1. The van der Waals surface area contributed by atoms with Crippen LogP contribution in [0.25, 0.3) is 0 Å². The second-order valence-corrected chi connectivity index (χ2v) is 8.49. The molecule has 0 spiro atoms. The van der Waals surface area contributed by atoms with Crippen LogP contribution in [0.15, 0.2) is 23.1 Å². The van der Waals surface area contributed by atoms with E-state index in [-0.39, 0.29) is 11.7 Å². The van der Waals surface area contributed by atoms with Crippen molar-refractivity contribution >= 4 is 9.84 Å². The third kappa shape index (κ3) is 4.54. The number of sulfone groups is 1. The zero-order valence-electron chi connectivity index (χ0n) is 13.3. The lowest BCUT2D eigenvalue weighted by molar-refractivity contribution is 0.170. The summed E-state index contributed by atoms with van der Waals surface area (Å²) in [6, 6.07) is 5.16. The van der Waals surface area contributed by atoms with Crippen LogP contribution in [-0.2, 0) is 9.84 Å². The van der Waals surface area contributed by atoms with Crippen LogP contribution < -0.4 is 5.73 Å². The molecule has 22 heavy (non-hydrogen) atoms. The topological polar surface area (TPSA) is 80.4 Å². The Kier molecular flexibility index (Phi) is 6.01. The van der Waals surface area contributed by atoms with E-state index in [0.717, 1.165) is 31.2 Å². The quantitative estimate of drug-likeness (QED) is 0.843.